The SMILES string of the molecule is CS(=O)(=O)c1ccc(C2(C(=O)CCCO[N+](=O)[O-])C=CNN2c2ccc(Br)cc2)cc1. The number of hydrogen-bond donors (Lipinski definition) is 1. The van der Waals surface area contributed by atoms with Crippen molar-refractivity contribution in [2.45, 2.75) is 23.3 Å². The number of nitrogens with one attached hydrogen (secondary N) is 1. The van der Waals surface area contributed by atoms with Crippen LogP contribution < -0.4 is 10.4 Å². The lowest BCUT2D eigenvalue weighted by Crippen LogP contribution is -2.52. The monoisotopic (exact) mass is 509 g/mol. The van der Waals surface area contributed by atoms with E-state index < -0.39 is 20.5 Å². The van der Waals surface area contributed by atoms with Crippen molar-refractivity contribution in [2.75, 3.05) is 17.9 Å². The lowest BCUT2D eigenvalue weighted by molar-refractivity contribution is -0.757. The van der Waals surface area contributed by atoms with E-state index in [0.29, 0.717) is 11.3 Å². The van der Waals surface area contributed by atoms with Gasteiger partial charge >= 0.3 is 0 Å². The molecule has 9 nitrogen and oxygen atoms in total. The highest BCUT2D eigenvalue weighted by molar-refractivity contribution is 9.10. The number of Topliss-reactive ketones (excluding diaryl/α,β-unsaturated/α-hetero) is 1. The summed E-state index contributed by atoms with van der Waals surface area (Å²) in [5, 5.41) is 11.2. The summed E-state index contributed by atoms with van der Waals surface area (Å²) in [7, 11) is -3.40. The van der Waals surface area contributed by atoms with Gasteiger partial charge in [-0.05, 0) is 54.5 Å². The number of ketones is 1. The molecule has 11 heteroatoms. The summed E-state index contributed by atoms with van der Waals surface area (Å²) >= 11 is 3.39. The van der Waals surface area contributed by atoms with Crippen molar-refractivity contribution in [3.63, 3.8) is 0 Å². The molecule has 164 valence electrons. The van der Waals surface area contributed by atoms with E-state index in [-0.39, 0.29) is 30.1 Å². The summed E-state index contributed by atoms with van der Waals surface area (Å²) in [6, 6.07) is 13.4. The first-order valence-electron chi connectivity index (χ1n) is 9.25. The van der Waals surface area contributed by atoms with E-state index in [1.165, 1.54) is 12.1 Å². The van der Waals surface area contributed by atoms with Gasteiger partial charge in [0.15, 0.2) is 21.2 Å². The summed E-state index contributed by atoms with van der Waals surface area (Å²) in [4.78, 5) is 28.3. The summed E-state index contributed by atoms with van der Waals surface area (Å²) in [5.41, 5.74) is 3.07. The predicted octanol–water partition coefficient (Wildman–Crippen LogP) is 3.14. The van der Waals surface area contributed by atoms with E-state index in [4.69, 9.17) is 0 Å². The molecule has 0 radical (unpaired) electrons. The second kappa shape index (κ2) is 9.06. The Morgan fingerprint density at radius 1 is 1.19 bits per heavy atom. The predicted molar refractivity (Wildman–Crippen MR) is 117 cm³/mol. The standard InChI is InChI=1S/C20H20BrN3O6S/c1-31(28,29)18-10-4-15(5-11-18)20(19(25)3-2-14-30-24(26)27)12-13-22-23(20)17-8-6-16(21)7-9-17/h4-13,22H,2-3,14H2,1H3. The molecule has 2 aromatic rings. The molecule has 0 saturated carbocycles. The Labute approximate surface area is 187 Å². The van der Waals surface area contributed by atoms with E-state index in [0.717, 1.165) is 10.7 Å². The average Bonchev–Trinajstić information content (AvgIpc) is 3.17. The van der Waals surface area contributed by atoms with E-state index in [1.54, 1.807) is 29.4 Å². The number of rotatable bonds is 9. The summed E-state index contributed by atoms with van der Waals surface area (Å²) < 4.78 is 24.6. The van der Waals surface area contributed by atoms with Crippen molar-refractivity contribution in [2.24, 2.45) is 0 Å². The van der Waals surface area contributed by atoms with Gasteiger partial charge in [-0.1, -0.05) is 28.1 Å². The van der Waals surface area contributed by atoms with Crippen LogP contribution in [0.3, 0.4) is 0 Å². The fourth-order valence-corrected chi connectivity index (χ4v) is 4.29. The van der Waals surface area contributed by atoms with Gasteiger partial charge in [-0.3, -0.25) is 9.80 Å². The molecule has 2 aromatic carbocycles. The van der Waals surface area contributed by atoms with Crippen molar-refractivity contribution >= 4 is 37.2 Å². The molecular formula is C20H20BrN3O6S. The van der Waals surface area contributed by atoms with Gasteiger partial charge in [-0.25, -0.2) is 8.42 Å². The molecule has 0 spiro atoms. The van der Waals surface area contributed by atoms with Crippen molar-refractivity contribution in [3.05, 3.63) is 81.0 Å². The molecule has 1 heterocycles. The topological polar surface area (TPSA) is 119 Å². The molecule has 1 aliphatic heterocycles. The number of sulfone groups is 1. The Morgan fingerprint density at radius 3 is 2.42 bits per heavy atom. The smallest absolute Gasteiger partial charge is 0.294 e. The van der Waals surface area contributed by atoms with Gasteiger partial charge in [0, 0.05) is 23.3 Å². The number of carbonyl (C=O) groups excluding carboxylic acids is 1. The van der Waals surface area contributed by atoms with Gasteiger partial charge in [0.05, 0.1) is 17.2 Å². The highest BCUT2D eigenvalue weighted by Crippen LogP contribution is 2.39. The minimum atomic E-state index is -3.40. The number of nitrogens with zero attached hydrogens (tertiary/aromatic N) is 2. The van der Waals surface area contributed by atoms with Gasteiger partial charge < -0.3 is 10.3 Å². The normalized spacial score (nSPS) is 17.9. The molecule has 0 fully saturated rings. The first-order valence-corrected chi connectivity index (χ1v) is 11.9. The molecule has 1 atom stereocenters. The zero-order chi connectivity index (χ0) is 22.6. The van der Waals surface area contributed by atoms with Crippen molar-refractivity contribution < 1.29 is 23.1 Å². The maximum atomic E-state index is 13.5. The summed E-state index contributed by atoms with van der Waals surface area (Å²) in [5.74, 6) is -0.226. The minimum absolute atomic E-state index is 0.0146. The Morgan fingerprint density at radius 2 is 1.84 bits per heavy atom. The van der Waals surface area contributed by atoms with Crippen LogP contribution in [0.15, 0.2) is 70.2 Å². The molecule has 31 heavy (non-hydrogen) atoms. The van der Waals surface area contributed by atoms with Crippen LogP contribution in [0, 0.1) is 10.1 Å². The molecule has 1 N–H and O–H groups in total. The third kappa shape index (κ3) is 4.88. The third-order valence-electron chi connectivity index (χ3n) is 4.86. The van der Waals surface area contributed by atoms with Gasteiger partial charge in [-0.2, -0.15) is 0 Å². The molecular weight excluding hydrogens is 490 g/mol. The second-order valence-corrected chi connectivity index (χ2v) is 9.85. The Balaban J connectivity index is 2.01. The average molecular weight is 510 g/mol. The van der Waals surface area contributed by atoms with Gasteiger partial charge in [0.25, 0.3) is 5.09 Å². The summed E-state index contributed by atoms with van der Waals surface area (Å²) in [6.45, 7) is -0.197. The van der Waals surface area contributed by atoms with Crippen LogP contribution in [0.25, 0.3) is 0 Å². The van der Waals surface area contributed by atoms with Crippen LogP contribution in [0.5, 0.6) is 0 Å². The molecule has 0 amide bonds. The van der Waals surface area contributed by atoms with Crippen LogP contribution in [0.4, 0.5) is 5.69 Å². The lowest BCUT2D eigenvalue weighted by atomic mass is 9.83. The van der Waals surface area contributed by atoms with E-state index in [2.05, 4.69) is 26.2 Å². The molecule has 0 saturated heterocycles. The van der Waals surface area contributed by atoms with E-state index >= 15 is 0 Å². The van der Waals surface area contributed by atoms with E-state index in [1.807, 2.05) is 24.3 Å². The van der Waals surface area contributed by atoms with Gasteiger partial charge in [0.1, 0.15) is 0 Å². The zero-order valence-corrected chi connectivity index (χ0v) is 18.9. The maximum Gasteiger partial charge on any atom is 0.294 e. The van der Waals surface area contributed by atoms with Crippen molar-refractivity contribution in [1.82, 2.24) is 5.43 Å². The molecule has 1 unspecified atom stereocenters. The van der Waals surface area contributed by atoms with Crippen LogP contribution in [0.1, 0.15) is 18.4 Å². The molecule has 3 rings (SSSR count). The van der Waals surface area contributed by atoms with Crippen LogP contribution in [-0.4, -0.2) is 32.2 Å². The Kier molecular flexibility index (Phi) is 6.65. The molecule has 0 aromatic heterocycles. The number of anilines is 1. The molecule has 0 bridgehead atoms. The Hall–Kier alpha value is -2.92. The van der Waals surface area contributed by atoms with Gasteiger partial charge in [-0.15, -0.1) is 10.1 Å². The number of hydrazine groups is 1. The zero-order valence-electron chi connectivity index (χ0n) is 16.5. The quantitative estimate of drug-likeness (QED) is 0.311. The molecule has 0 aliphatic carbocycles. The highest BCUT2D eigenvalue weighted by Gasteiger charge is 2.46. The second-order valence-electron chi connectivity index (χ2n) is 6.92. The maximum absolute atomic E-state index is 13.5. The van der Waals surface area contributed by atoms with Crippen LogP contribution in [-0.2, 0) is 25.0 Å². The minimum Gasteiger partial charge on any atom is -0.314 e. The fraction of sp³-hybridized carbons (Fsp3) is 0.250. The fourth-order valence-electron chi connectivity index (χ4n) is 3.40. The lowest BCUT2D eigenvalue weighted by Gasteiger charge is -2.38. The third-order valence-corrected chi connectivity index (χ3v) is 6.52. The largest absolute Gasteiger partial charge is 0.314 e. The van der Waals surface area contributed by atoms with E-state index in [9.17, 15) is 23.3 Å². The first-order chi connectivity index (χ1) is 14.6. The number of benzene rings is 2. The van der Waals surface area contributed by atoms with Crippen molar-refractivity contribution in [1.29, 1.82) is 0 Å². The summed E-state index contributed by atoms with van der Waals surface area (Å²) in [6.07, 6.45) is 4.62. The number of halogens is 1. The first kappa shape index (κ1) is 22.8. The molecule has 1 aliphatic rings. The Bertz CT molecular complexity index is 1100. The van der Waals surface area contributed by atoms with Crippen molar-refractivity contribution in [3.8, 4) is 0 Å². The van der Waals surface area contributed by atoms with Crippen LogP contribution >= 0.6 is 15.9 Å². The van der Waals surface area contributed by atoms with Crippen LogP contribution in [0.2, 0.25) is 0 Å². The number of carbonyl (C=O) groups is 1. The number of hydrogen-bond acceptors (Lipinski definition) is 8. The van der Waals surface area contributed by atoms with Gasteiger partial charge in [0.2, 0.25) is 0 Å². The highest BCUT2D eigenvalue weighted by atomic mass is 79.9.